The topological polar surface area (TPSA) is 90.6 Å². The van der Waals surface area contributed by atoms with Crippen LogP contribution in [0.4, 0.5) is 0 Å². The van der Waals surface area contributed by atoms with Gasteiger partial charge in [0.1, 0.15) is 0 Å². The Kier molecular flexibility index (Phi) is 8.40. The quantitative estimate of drug-likeness (QED) is 0.167. The zero-order valence-corrected chi connectivity index (χ0v) is 22.3. The zero-order valence-electron chi connectivity index (χ0n) is 19.9. The summed E-state index contributed by atoms with van der Waals surface area (Å²) in [7, 11) is 3.15. The lowest BCUT2D eigenvalue weighted by Gasteiger charge is -2.11. The Morgan fingerprint density at radius 1 is 1.00 bits per heavy atom. The maximum Gasteiger partial charge on any atom is 0.250 e. The number of carbonyl (C=O) groups excluding carboxylic acids is 1. The number of nitrogens with one attached hydrogen (secondary N) is 1. The van der Waals surface area contributed by atoms with E-state index in [9.17, 15) is 4.79 Å². The summed E-state index contributed by atoms with van der Waals surface area (Å²) < 4.78 is 13.5. The molecule has 0 unspecified atom stereocenters. The van der Waals surface area contributed by atoms with Gasteiger partial charge < -0.3 is 9.47 Å². The van der Waals surface area contributed by atoms with E-state index in [-0.39, 0.29) is 11.7 Å². The summed E-state index contributed by atoms with van der Waals surface area (Å²) in [5, 5.41) is 13.6. The molecule has 36 heavy (non-hydrogen) atoms. The Morgan fingerprint density at radius 2 is 1.72 bits per heavy atom. The largest absolute Gasteiger partial charge is 0.493 e. The van der Waals surface area contributed by atoms with Gasteiger partial charge in [-0.25, -0.2) is 5.43 Å². The van der Waals surface area contributed by atoms with Crippen LogP contribution in [0, 0.1) is 0 Å². The molecule has 0 atom stereocenters. The van der Waals surface area contributed by atoms with Crippen LogP contribution in [-0.2, 0) is 4.79 Å². The number of amides is 1. The predicted molar refractivity (Wildman–Crippen MR) is 145 cm³/mol. The fourth-order valence-corrected chi connectivity index (χ4v) is 4.40. The third kappa shape index (κ3) is 5.95. The molecule has 8 nitrogen and oxygen atoms in total. The minimum Gasteiger partial charge on any atom is -0.493 e. The fourth-order valence-electron chi connectivity index (χ4n) is 3.39. The normalized spacial score (nSPS) is 11.3. The third-order valence-corrected chi connectivity index (χ3v) is 6.69. The first-order valence-electron chi connectivity index (χ1n) is 10.9. The van der Waals surface area contributed by atoms with E-state index in [0.29, 0.717) is 28.2 Å². The standard InChI is InChI=1S/C26H24BrN5O3S/c1-17(19-9-14-22(34-2)23(15-19)35-3)28-29-24(33)16-36-26-31-30-25(18-7-5-4-6-8-18)32(26)21-12-10-20(27)11-13-21/h4-15H,16H2,1-3H3,(H,29,33)/b28-17+. The molecule has 3 aromatic carbocycles. The zero-order chi connectivity index (χ0) is 25.5. The number of hydrogen-bond acceptors (Lipinski definition) is 7. The Bertz CT molecular complexity index is 1370. The lowest BCUT2D eigenvalue weighted by Crippen LogP contribution is -2.21. The molecule has 10 heteroatoms. The van der Waals surface area contributed by atoms with Crippen LogP contribution in [0.5, 0.6) is 11.5 Å². The van der Waals surface area contributed by atoms with Gasteiger partial charge in [0, 0.05) is 21.3 Å². The first kappa shape index (κ1) is 25.5. The highest BCUT2D eigenvalue weighted by Gasteiger charge is 2.17. The van der Waals surface area contributed by atoms with E-state index in [4.69, 9.17) is 9.47 Å². The maximum atomic E-state index is 12.6. The summed E-state index contributed by atoms with van der Waals surface area (Å²) in [5.41, 5.74) is 5.89. The summed E-state index contributed by atoms with van der Waals surface area (Å²) in [6.45, 7) is 1.81. The number of carbonyl (C=O) groups is 1. The van der Waals surface area contributed by atoms with Crippen LogP contribution in [0.25, 0.3) is 17.1 Å². The van der Waals surface area contributed by atoms with Crippen molar-refractivity contribution in [3.8, 4) is 28.6 Å². The molecule has 184 valence electrons. The highest BCUT2D eigenvalue weighted by Crippen LogP contribution is 2.29. The molecule has 1 amide bonds. The van der Waals surface area contributed by atoms with Crippen molar-refractivity contribution >= 4 is 39.3 Å². The summed E-state index contributed by atoms with van der Waals surface area (Å²) >= 11 is 4.77. The van der Waals surface area contributed by atoms with Crippen LogP contribution >= 0.6 is 27.7 Å². The molecular formula is C26H24BrN5O3S. The van der Waals surface area contributed by atoms with E-state index in [0.717, 1.165) is 21.3 Å². The summed E-state index contributed by atoms with van der Waals surface area (Å²) in [6, 6.07) is 23.1. The fraction of sp³-hybridized carbons (Fsp3) is 0.154. The van der Waals surface area contributed by atoms with Gasteiger partial charge in [-0.2, -0.15) is 5.10 Å². The SMILES string of the molecule is COc1ccc(/C(C)=N/NC(=O)CSc2nnc(-c3ccccc3)n2-c2ccc(Br)cc2)cc1OC. The summed E-state index contributed by atoms with van der Waals surface area (Å²) in [5.74, 6) is 1.77. The van der Waals surface area contributed by atoms with Crippen LogP contribution in [-0.4, -0.2) is 46.4 Å². The Hall–Kier alpha value is -3.63. The van der Waals surface area contributed by atoms with Crippen molar-refractivity contribution < 1.29 is 14.3 Å². The van der Waals surface area contributed by atoms with E-state index in [1.807, 2.05) is 78.2 Å². The molecule has 0 aliphatic carbocycles. The molecule has 0 bridgehead atoms. The van der Waals surface area contributed by atoms with Gasteiger partial charge in [0.15, 0.2) is 22.5 Å². The number of rotatable bonds is 9. The molecule has 1 N–H and O–H groups in total. The van der Waals surface area contributed by atoms with Gasteiger partial charge in [-0.1, -0.05) is 58.0 Å². The number of ether oxygens (including phenoxy) is 2. The molecule has 1 aromatic heterocycles. The first-order valence-corrected chi connectivity index (χ1v) is 12.7. The number of methoxy groups -OCH3 is 2. The molecule has 4 rings (SSSR count). The molecule has 0 radical (unpaired) electrons. The second-order valence-corrected chi connectivity index (χ2v) is 9.43. The van der Waals surface area contributed by atoms with Gasteiger partial charge in [0.25, 0.3) is 5.91 Å². The molecule has 0 fully saturated rings. The van der Waals surface area contributed by atoms with Crippen molar-refractivity contribution in [3.05, 3.63) is 82.8 Å². The smallest absolute Gasteiger partial charge is 0.250 e. The highest BCUT2D eigenvalue weighted by atomic mass is 79.9. The summed E-state index contributed by atoms with van der Waals surface area (Å²) in [4.78, 5) is 12.6. The van der Waals surface area contributed by atoms with Crippen molar-refractivity contribution in [2.24, 2.45) is 5.10 Å². The number of nitrogens with zero attached hydrogens (tertiary/aromatic N) is 4. The van der Waals surface area contributed by atoms with Crippen LogP contribution in [0.2, 0.25) is 0 Å². The van der Waals surface area contributed by atoms with Gasteiger partial charge in [0.05, 0.1) is 25.7 Å². The molecule has 1 heterocycles. The van der Waals surface area contributed by atoms with E-state index in [2.05, 4.69) is 36.7 Å². The van der Waals surface area contributed by atoms with Crippen molar-refractivity contribution in [1.82, 2.24) is 20.2 Å². The van der Waals surface area contributed by atoms with E-state index in [1.165, 1.54) is 11.8 Å². The lowest BCUT2D eigenvalue weighted by molar-refractivity contribution is -0.118. The van der Waals surface area contributed by atoms with E-state index in [1.54, 1.807) is 20.3 Å². The molecule has 0 aliphatic heterocycles. The lowest BCUT2D eigenvalue weighted by atomic mass is 10.1. The average Bonchev–Trinajstić information content (AvgIpc) is 3.35. The van der Waals surface area contributed by atoms with Crippen molar-refractivity contribution in [2.45, 2.75) is 12.1 Å². The van der Waals surface area contributed by atoms with E-state index < -0.39 is 0 Å². The number of hydrogen-bond donors (Lipinski definition) is 1. The second kappa shape index (κ2) is 11.9. The minimum absolute atomic E-state index is 0.117. The average molecular weight is 566 g/mol. The van der Waals surface area contributed by atoms with Gasteiger partial charge in [-0.3, -0.25) is 9.36 Å². The Morgan fingerprint density at radius 3 is 2.42 bits per heavy atom. The van der Waals surface area contributed by atoms with Gasteiger partial charge in [-0.05, 0) is 49.4 Å². The Labute approximate surface area is 221 Å². The predicted octanol–water partition coefficient (Wildman–Crippen LogP) is 5.35. The molecule has 0 saturated heterocycles. The van der Waals surface area contributed by atoms with Gasteiger partial charge in [0.2, 0.25) is 0 Å². The van der Waals surface area contributed by atoms with Gasteiger partial charge in [-0.15, -0.1) is 10.2 Å². The first-order chi connectivity index (χ1) is 17.5. The van der Waals surface area contributed by atoms with Gasteiger partial charge >= 0.3 is 0 Å². The number of aromatic nitrogens is 3. The Balaban J connectivity index is 1.49. The minimum atomic E-state index is -0.258. The number of hydrazone groups is 1. The number of halogens is 1. The number of benzene rings is 3. The van der Waals surface area contributed by atoms with Crippen LogP contribution in [0.15, 0.2) is 87.5 Å². The molecular weight excluding hydrogens is 542 g/mol. The van der Waals surface area contributed by atoms with Crippen LogP contribution in [0.3, 0.4) is 0 Å². The summed E-state index contributed by atoms with van der Waals surface area (Å²) in [6.07, 6.45) is 0. The van der Waals surface area contributed by atoms with Crippen molar-refractivity contribution in [2.75, 3.05) is 20.0 Å². The molecule has 4 aromatic rings. The van der Waals surface area contributed by atoms with Crippen LogP contribution < -0.4 is 14.9 Å². The molecule has 0 aliphatic rings. The van der Waals surface area contributed by atoms with E-state index >= 15 is 0 Å². The molecule has 0 saturated carbocycles. The second-order valence-electron chi connectivity index (χ2n) is 7.57. The maximum absolute atomic E-state index is 12.6. The van der Waals surface area contributed by atoms with Crippen molar-refractivity contribution in [1.29, 1.82) is 0 Å². The number of thioether (sulfide) groups is 1. The highest BCUT2D eigenvalue weighted by molar-refractivity contribution is 9.10. The molecule has 0 spiro atoms. The third-order valence-electron chi connectivity index (χ3n) is 5.23. The monoisotopic (exact) mass is 565 g/mol. The van der Waals surface area contributed by atoms with Crippen LogP contribution in [0.1, 0.15) is 12.5 Å². The van der Waals surface area contributed by atoms with Crippen molar-refractivity contribution in [3.63, 3.8) is 0 Å².